The smallest absolute Gasteiger partial charge is 0.321 e. The number of carbonyl (C=O) groups is 1. The second-order valence-corrected chi connectivity index (χ2v) is 8.19. The van der Waals surface area contributed by atoms with E-state index in [0.29, 0.717) is 11.6 Å². The Labute approximate surface area is 192 Å². The summed E-state index contributed by atoms with van der Waals surface area (Å²) < 4.78 is 5.77. The summed E-state index contributed by atoms with van der Waals surface area (Å²) in [4.78, 5) is 28.0. The summed E-state index contributed by atoms with van der Waals surface area (Å²) in [5, 5.41) is 3.64. The van der Waals surface area contributed by atoms with Gasteiger partial charge in [0.25, 0.3) is 5.91 Å². The van der Waals surface area contributed by atoms with Crippen LogP contribution in [-0.2, 0) is 6.54 Å². The van der Waals surface area contributed by atoms with Crippen LogP contribution in [0.4, 0.5) is 0 Å². The quantitative estimate of drug-likeness (QED) is 0.486. The Hall–Kier alpha value is -3.84. The average molecular weight is 440 g/mol. The van der Waals surface area contributed by atoms with Crippen molar-refractivity contribution in [2.24, 2.45) is 0 Å². The fraction of sp³-hybridized carbons (Fsp3) is 0.231. The third-order valence-electron chi connectivity index (χ3n) is 5.95. The van der Waals surface area contributed by atoms with Gasteiger partial charge < -0.3 is 10.1 Å². The van der Waals surface area contributed by atoms with Crippen LogP contribution in [0.2, 0.25) is 0 Å². The Kier molecular flexibility index (Phi) is 5.95. The maximum absolute atomic E-state index is 12.5. The Morgan fingerprint density at radius 1 is 1.09 bits per heavy atom. The van der Waals surface area contributed by atoms with Crippen molar-refractivity contribution < 1.29 is 9.53 Å². The van der Waals surface area contributed by atoms with E-state index >= 15 is 0 Å². The van der Waals surface area contributed by atoms with E-state index in [2.05, 4.69) is 26.3 Å². The van der Waals surface area contributed by atoms with Gasteiger partial charge in [0, 0.05) is 49.5 Å². The molecule has 1 amide bonds. The second kappa shape index (κ2) is 9.34. The van der Waals surface area contributed by atoms with E-state index in [-0.39, 0.29) is 11.8 Å². The lowest BCUT2D eigenvalue weighted by atomic mass is 9.99. The molecule has 1 aliphatic rings. The summed E-state index contributed by atoms with van der Waals surface area (Å²) in [6, 6.07) is 19.9. The van der Waals surface area contributed by atoms with Gasteiger partial charge >= 0.3 is 6.01 Å². The summed E-state index contributed by atoms with van der Waals surface area (Å²) in [6.45, 7) is 2.69. The third-order valence-corrected chi connectivity index (χ3v) is 5.95. The number of carbonyl (C=O) groups excluding carboxylic acids is 1. The zero-order chi connectivity index (χ0) is 22.6. The van der Waals surface area contributed by atoms with Crippen LogP contribution in [0.15, 0.2) is 73.1 Å². The van der Waals surface area contributed by atoms with Gasteiger partial charge in [-0.05, 0) is 48.9 Å². The maximum Gasteiger partial charge on any atom is 0.321 e. The number of nitrogens with one attached hydrogen (secondary N) is 1. The highest BCUT2D eigenvalue weighted by Crippen LogP contribution is 2.30. The van der Waals surface area contributed by atoms with E-state index < -0.39 is 0 Å². The molecule has 1 fully saturated rings. The first-order chi connectivity index (χ1) is 16.2. The number of aromatic nitrogens is 3. The molecule has 1 atom stereocenters. The fourth-order valence-corrected chi connectivity index (χ4v) is 4.35. The van der Waals surface area contributed by atoms with Crippen molar-refractivity contribution >= 4 is 16.8 Å². The number of fused-ring (bicyclic) bond motifs is 1. The number of amides is 1. The minimum atomic E-state index is -0.0797. The molecule has 1 aliphatic heterocycles. The van der Waals surface area contributed by atoms with Crippen LogP contribution in [-0.4, -0.2) is 45.9 Å². The molecule has 1 N–H and O–H groups in total. The predicted octanol–water partition coefficient (Wildman–Crippen LogP) is 4.17. The molecule has 0 saturated carbocycles. The number of benzene rings is 2. The highest BCUT2D eigenvalue weighted by molar-refractivity contribution is 6.06. The number of hydrogen-bond donors (Lipinski definition) is 1. The van der Waals surface area contributed by atoms with E-state index in [9.17, 15) is 4.79 Å². The number of rotatable bonds is 6. The number of likely N-dealkylation sites (tertiary alicyclic amines) is 1. The molecule has 2 aromatic heterocycles. The molecule has 3 heterocycles. The Morgan fingerprint density at radius 2 is 1.94 bits per heavy atom. The molecule has 0 spiro atoms. The zero-order valence-corrected chi connectivity index (χ0v) is 18.4. The Bertz CT molecular complexity index is 1280. The standard InChI is InChI=1S/C26H25N5O2/c1-27-25(32)22-15-24(30-23-9-3-2-8-21(22)23)19-10-13-31(17-19)16-18-6-4-7-20(14-18)33-26-28-11-5-12-29-26/h2-9,11-12,14-15,19H,10,13,16-17H2,1H3,(H,27,32)/t19-/m0/s1. The summed E-state index contributed by atoms with van der Waals surface area (Å²) in [6.07, 6.45) is 4.33. The second-order valence-electron chi connectivity index (χ2n) is 8.19. The molecule has 0 aliphatic carbocycles. The van der Waals surface area contributed by atoms with E-state index in [1.165, 1.54) is 5.56 Å². The van der Waals surface area contributed by atoms with Crippen LogP contribution in [0.1, 0.15) is 34.0 Å². The number of nitrogens with zero attached hydrogens (tertiary/aromatic N) is 4. The lowest BCUT2D eigenvalue weighted by Crippen LogP contribution is -2.21. The number of hydrogen-bond acceptors (Lipinski definition) is 6. The number of pyridine rings is 1. The van der Waals surface area contributed by atoms with E-state index in [4.69, 9.17) is 9.72 Å². The topological polar surface area (TPSA) is 80.2 Å². The summed E-state index contributed by atoms with van der Waals surface area (Å²) in [5.41, 5.74) is 3.69. The molecule has 4 aromatic rings. The van der Waals surface area contributed by atoms with Crippen molar-refractivity contribution in [3.8, 4) is 11.8 Å². The molecule has 7 heteroatoms. The number of para-hydroxylation sites is 1. The van der Waals surface area contributed by atoms with Crippen LogP contribution in [0.3, 0.4) is 0 Å². The van der Waals surface area contributed by atoms with Crippen molar-refractivity contribution in [2.45, 2.75) is 18.9 Å². The summed E-state index contributed by atoms with van der Waals surface area (Å²) in [7, 11) is 1.66. The lowest BCUT2D eigenvalue weighted by Gasteiger charge is -2.17. The molecular weight excluding hydrogens is 414 g/mol. The summed E-state index contributed by atoms with van der Waals surface area (Å²) >= 11 is 0. The Balaban J connectivity index is 1.31. The van der Waals surface area contributed by atoms with Crippen LogP contribution in [0, 0.1) is 0 Å². The van der Waals surface area contributed by atoms with Crippen molar-refractivity contribution in [2.75, 3.05) is 20.1 Å². The lowest BCUT2D eigenvalue weighted by molar-refractivity contribution is 0.0964. The van der Waals surface area contributed by atoms with Gasteiger partial charge in [0.15, 0.2) is 0 Å². The monoisotopic (exact) mass is 439 g/mol. The number of ether oxygens (including phenoxy) is 1. The van der Waals surface area contributed by atoms with Gasteiger partial charge in [-0.2, -0.15) is 0 Å². The molecule has 7 nitrogen and oxygen atoms in total. The minimum absolute atomic E-state index is 0.0797. The molecule has 33 heavy (non-hydrogen) atoms. The third kappa shape index (κ3) is 4.68. The molecule has 0 bridgehead atoms. The van der Waals surface area contributed by atoms with Crippen LogP contribution in [0.25, 0.3) is 10.9 Å². The van der Waals surface area contributed by atoms with Gasteiger partial charge in [-0.1, -0.05) is 30.3 Å². The van der Waals surface area contributed by atoms with Gasteiger partial charge in [-0.3, -0.25) is 14.7 Å². The normalized spacial score (nSPS) is 16.1. The summed E-state index contributed by atoms with van der Waals surface area (Å²) in [5.74, 6) is 0.930. The molecular formula is C26H25N5O2. The largest absolute Gasteiger partial charge is 0.424 e. The first-order valence-corrected chi connectivity index (χ1v) is 11.1. The van der Waals surface area contributed by atoms with Crippen molar-refractivity contribution in [1.29, 1.82) is 0 Å². The minimum Gasteiger partial charge on any atom is -0.424 e. The average Bonchev–Trinajstić information content (AvgIpc) is 3.32. The fourth-order valence-electron chi connectivity index (χ4n) is 4.35. The molecule has 0 radical (unpaired) electrons. The SMILES string of the molecule is CNC(=O)c1cc([C@H]2CCN(Cc3cccc(Oc4ncccn4)c3)C2)nc2ccccc12. The molecule has 1 saturated heterocycles. The molecule has 0 unspecified atom stereocenters. The van der Waals surface area contributed by atoms with Crippen LogP contribution >= 0.6 is 0 Å². The zero-order valence-electron chi connectivity index (χ0n) is 18.4. The van der Waals surface area contributed by atoms with Crippen molar-refractivity contribution in [1.82, 2.24) is 25.2 Å². The molecule has 5 rings (SSSR count). The van der Waals surface area contributed by atoms with Crippen molar-refractivity contribution in [3.63, 3.8) is 0 Å². The van der Waals surface area contributed by atoms with E-state index in [1.807, 2.05) is 48.5 Å². The molecule has 166 valence electrons. The van der Waals surface area contributed by atoms with Gasteiger partial charge in [-0.15, -0.1) is 0 Å². The van der Waals surface area contributed by atoms with Gasteiger partial charge in [0.2, 0.25) is 0 Å². The highest BCUT2D eigenvalue weighted by Gasteiger charge is 2.26. The van der Waals surface area contributed by atoms with Crippen LogP contribution in [0.5, 0.6) is 11.8 Å². The van der Waals surface area contributed by atoms with Gasteiger partial charge in [0.1, 0.15) is 5.75 Å². The predicted molar refractivity (Wildman–Crippen MR) is 126 cm³/mol. The maximum atomic E-state index is 12.5. The van der Waals surface area contributed by atoms with Gasteiger partial charge in [0.05, 0.1) is 11.1 Å². The van der Waals surface area contributed by atoms with Crippen LogP contribution < -0.4 is 10.1 Å². The van der Waals surface area contributed by atoms with Gasteiger partial charge in [-0.25, -0.2) is 9.97 Å². The first kappa shape index (κ1) is 21.0. The molecule has 2 aromatic carbocycles. The van der Waals surface area contributed by atoms with E-state index in [1.54, 1.807) is 25.5 Å². The van der Waals surface area contributed by atoms with E-state index in [0.717, 1.165) is 48.4 Å². The Morgan fingerprint density at radius 3 is 2.79 bits per heavy atom. The first-order valence-electron chi connectivity index (χ1n) is 11.1. The highest BCUT2D eigenvalue weighted by atomic mass is 16.5. The van der Waals surface area contributed by atoms with Crippen molar-refractivity contribution in [3.05, 3.63) is 89.9 Å².